The lowest BCUT2D eigenvalue weighted by molar-refractivity contribution is -0.131. The van der Waals surface area contributed by atoms with Gasteiger partial charge in [0.05, 0.1) is 12.3 Å². The third-order valence-corrected chi connectivity index (χ3v) is 3.73. The fourth-order valence-corrected chi connectivity index (χ4v) is 2.60. The molecule has 0 saturated carbocycles. The Hall–Kier alpha value is -1.17. The largest absolute Gasteiger partial charge is 0.492 e. The molecule has 2 rings (SSSR count). The SMILES string of the molecule is CCOc1ccccc1N1CCN(C(=O)CCCN)CC1.Cl.Cl. The summed E-state index contributed by atoms with van der Waals surface area (Å²) in [5, 5.41) is 0. The van der Waals surface area contributed by atoms with E-state index in [2.05, 4.69) is 11.0 Å². The molecule has 1 aliphatic heterocycles. The first-order valence-electron chi connectivity index (χ1n) is 7.71. The van der Waals surface area contributed by atoms with Crippen LogP contribution in [0.5, 0.6) is 5.75 Å². The summed E-state index contributed by atoms with van der Waals surface area (Å²) in [5.41, 5.74) is 6.58. The average Bonchev–Trinajstić information content (AvgIpc) is 2.53. The Morgan fingerprint density at radius 2 is 1.83 bits per heavy atom. The van der Waals surface area contributed by atoms with Gasteiger partial charge in [-0.25, -0.2) is 0 Å². The third-order valence-electron chi connectivity index (χ3n) is 3.73. The van der Waals surface area contributed by atoms with Gasteiger partial charge in [-0.2, -0.15) is 0 Å². The van der Waals surface area contributed by atoms with Crippen LogP contribution in [0.1, 0.15) is 19.8 Å². The molecular formula is C16H27Cl2N3O2. The van der Waals surface area contributed by atoms with Crippen molar-refractivity contribution in [3.63, 3.8) is 0 Å². The van der Waals surface area contributed by atoms with Crippen LogP contribution in [0, 0.1) is 0 Å². The van der Waals surface area contributed by atoms with Crippen LogP contribution >= 0.6 is 24.8 Å². The van der Waals surface area contributed by atoms with Gasteiger partial charge in [0, 0.05) is 32.6 Å². The number of carbonyl (C=O) groups is 1. The molecular weight excluding hydrogens is 337 g/mol. The van der Waals surface area contributed by atoms with Gasteiger partial charge < -0.3 is 20.3 Å². The molecule has 1 amide bonds. The van der Waals surface area contributed by atoms with E-state index in [1.165, 1.54) is 0 Å². The molecule has 0 aromatic heterocycles. The van der Waals surface area contributed by atoms with Gasteiger partial charge in [0.25, 0.3) is 0 Å². The lowest BCUT2D eigenvalue weighted by Crippen LogP contribution is -2.48. The first-order valence-corrected chi connectivity index (χ1v) is 7.71. The maximum absolute atomic E-state index is 12.0. The molecule has 0 bridgehead atoms. The van der Waals surface area contributed by atoms with E-state index in [9.17, 15) is 4.79 Å². The lowest BCUT2D eigenvalue weighted by atomic mass is 10.2. The maximum Gasteiger partial charge on any atom is 0.222 e. The highest BCUT2D eigenvalue weighted by atomic mass is 35.5. The quantitative estimate of drug-likeness (QED) is 0.842. The van der Waals surface area contributed by atoms with E-state index in [1.807, 2.05) is 30.0 Å². The number of piperazine rings is 1. The molecule has 0 unspecified atom stereocenters. The number of halogens is 2. The minimum absolute atomic E-state index is 0. The Morgan fingerprint density at radius 1 is 1.17 bits per heavy atom. The second kappa shape index (κ2) is 11.4. The van der Waals surface area contributed by atoms with E-state index in [1.54, 1.807) is 0 Å². The number of para-hydroxylation sites is 2. The van der Waals surface area contributed by atoms with E-state index in [0.29, 0.717) is 19.6 Å². The van der Waals surface area contributed by atoms with Crippen molar-refractivity contribution in [1.29, 1.82) is 0 Å². The highest BCUT2D eigenvalue weighted by Gasteiger charge is 2.22. The molecule has 2 N–H and O–H groups in total. The fraction of sp³-hybridized carbons (Fsp3) is 0.562. The van der Waals surface area contributed by atoms with Crippen molar-refractivity contribution in [2.75, 3.05) is 44.2 Å². The number of anilines is 1. The van der Waals surface area contributed by atoms with Crippen molar-refractivity contribution >= 4 is 36.4 Å². The van der Waals surface area contributed by atoms with E-state index in [4.69, 9.17) is 10.5 Å². The van der Waals surface area contributed by atoms with Gasteiger partial charge in [-0.15, -0.1) is 24.8 Å². The number of rotatable bonds is 6. The first kappa shape index (κ1) is 21.8. The summed E-state index contributed by atoms with van der Waals surface area (Å²) in [6.45, 7) is 6.46. The smallest absolute Gasteiger partial charge is 0.222 e. The summed E-state index contributed by atoms with van der Waals surface area (Å²) in [6.07, 6.45) is 1.33. The van der Waals surface area contributed by atoms with Crippen LogP contribution in [0.4, 0.5) is 5.69 Å². The Morgan fingerprint density at radius 3 is 2.43 bits per heavy atom. The predicted octanol–water partition coefficient (Wildman–Crippen LogP) is 2.32. The Labute approximate surface area is 151 Å². The number of hydrogen-bond donors (Lipinski definition) is 1. The monoisotopic (exact) mass is 363 g/mol. The number of nitrogens with two attached hydrogens (primary N) is 1. The average molecular weight is 364 g/mol. The highest BCUT2D eigenvalue weighted by molar-refractivity contribution is 5.85. The van der Waals surface area contributed by atoms with E-state index in [-0.39, 0.29) is 30.7 Å². The van der Waals surface area contributed by atoms with Gasteiger partial charge in [-0.3, -0.25) is 4.79 Å². The normalized spacial score (nSPS) is 13.8. The first-order chi connectivity index (χ1) is 10.3. The molecule has 0 radical (unpaired) electrons. The summed E-state index contributed by atoms with van der Waals surface area (Å²) in [7, 11) is 0. The summed E-state index contributed by atoms with van der Waals surface area (Å²) < 4.78 is 5.68. The molecule has 0 aliphatic carbocycles. The Bertz CT molecular complexity index is 466. The number of benzene rings is 1. The molecule has 0 spiro atoms. The van der Waals surface area contributed by atoms with Crippen LogP contribution in [0.3, 0.4) is 0 Å². The van der Waals surface area contributed by atoms with Gasteiger partial charge in [0.15, 0.2) is 0 Å². The summed E-state index contributed by atoms with van der Waals surface area (Å²) in [6, 6.07) is 8.09. The standard InChI is InChI=1S/C16H25N3O2.2ClH/c1-2-21-15-7-4-3-6-14(15)18-10-12-19(13-11-18)16(20)8-5-9-17;;/h3-4,6-7H,2,5,8-13,17H2,1H3;2*1H. The van der Waals surface area contributed by atoms with Gasteiger partial charge in [0.1, 0.15) is 5.75 Å². The van der Waals surface area contributed by atoms with Crippen molar-refractivity contribution in [3.05, 3.63) is 24.3 Å². The molecule has 132 valence electrons. The fourth-order valence-electron chi connectivity index (χ4n) is 2.60. The number of ether oxygens (including phenoxy) is 1. The van der Waals surface area contributed by atoms with Crippen LogP contribution in [-0.4, -0.2) is 50.1 Å². The van der Waals surface area contributed by atoms with E-state index in [0.717, 1.165) is 44.0 Å². The molecule has 1 heterocycles. The van der Waals surface area contributed by atoms with Crippen molar-refractivity contribution < 1.29 is 9.53 Å². The van der Waals surface area contributed by atoms with Crippen molar-refractivity contribution in [1.82, 2.24) is 4.90 Å². The zero-order valence-corrected chi connectivity index (χ0v) is 15.2. The highest BCUT2D eigenvalue weighted by Crippen LogP contribution is 2.28. The molecule has 23 heavy (non-hydrogen) atoms. The van der Waals surface area contributed by atoms with Gasteiger partial charge in [-0.1, -0.05) is 12.1 Å². The molecule has 0 atom stereocenters. The zero-order valence-electron chi connectivity index (χ0n) is 13.6. The molecule has 1 saturated heterocycles. The van der Waals surface area contributed by atoms with Crippen molar-refractivity contribution in [3.8, 4) is 5.75 Å². The van der Waals surface area contributed by atoms with Crippen LogP contribution in [0.25, 0.3) is 0 Å². The summed E-state index contributed by atoms with van der Waals surface area (Å²) >= 11 is 0. The Kier molecular flexibility index (Phi) is 10.8. The number of hydrogen-bond acceptors (Lipinski definition) is 4. The third kappa shape index (κ3) is 6.09. The summed E-state index contributed by atoms with van der Waals surface area (Å²) in [4.78, 5) is 16.2. The van der Waals surface area contributed by atoms with Gasteiger partial charge >= 0.3 is 0 Å². The topological polar surface area (TPSA) is 58.8 Å². The van der Waals surface area contributed by atoms with Crippen molar-refractivity contribution in [2.45, 2.75) is 19.8 Å². The number of carbonyl (C=O) groups excluding carboxylic acids is 1. The predicted molar refractivity (Wildman–Crippen MR) is 99.2 cm³/mol. The molecule has 1 aromatic rings. The molecule has 7 heteroatoms. The maximum atomic E-state index is 12.0. The minimum Gasteiger partial charge on any atom is -0.492 e. The van der Waals surface area contributed by atoms with Gasteiger partial charge in [0.2, 0.25) is 5.91 Å². The molecule has 1 aromatic carbocycles. The van der Waals surface area contributed by atoms with Crippen LogP contribution in [0.15, 0.2) is 24.3 Å². The zero-order chi connectivity index (χ0) is 15.1. The van der Waals surface area contributed by atoms with E-state index >= 15 is 0 Å². The minimum atomic E-state index is 0. The number of nitrogens with zero attached hydrogens (tertiary/aromatic N) is 2. The Balaban J connectivity index is 0.00000242. The molecule has 1 fully saturated rings. The second-order valence-corrected chi connectivity index (χ2v) is 5.16. The molecule has 1 aliphatic rings. The van der Waals surface area contributed by atoms with Crippen molar-refractivity contribution in [2.24, 2.45) is 5.73 Å². The lowest BCUT2D eigenvalue weighted by Gasteiger charge is -2.36. The van der Waals surface area contributed by atoms with Crippen LogP contribution in [-0.2, 0) is 4.79 Å². The summed E-state index contributed by atoms with van der Waals surface area (Å²) in [5.74, 6) is 1.14. The van der Waals surface area contributed by atoms with Crippen LogP contribution < -0.4 is 15.4 Å². The second-order valence-electron chi connectivity index (χ2n) is 5.16. The molecule has 5 nitrogen and oxygen atoms in total. The van der Waals surface area contributed by atoms with Gasteiger partial charge in [-0.05, 0) is 32.0 Å². The van der Waals surface area contributed by atoms with E-state index < -0.39 is 0 Å². The number of amides is 1. The van der Waals surface area contributed by atoms with Crippen LogP contribution in [0.2, 0.25) is 0 Å².